The molecule has 1 nitrogen and oxygen atoms in total. The predicted octanol–water partition coefficient (Wildman–Crippen LogP) is 3.97. The van der Waals surface area contributed by atoms with Crippen molar-refractivity contribution in [2.24, 2.45) is 0 Å². The van der Waals surface area contributed by atoms with Crippen LogP contribution in [0.3, 0.4) is 0 Å². The highest BCUT2D eigenvalue weighted by Crippen LogP contribution is 2.50. The van der Waals surface area contributed by atoms with Crippen LogP contribution < -0.4 is 0 Å². The van der Waals surface area contributed by atoms with E-state index < -0.39 is 0 Å². The summed E-state index contributed by atoms with van der Waals surface area (Å²) in [7, 11) is 0. The predicted molar refractivity (Wildman–Crippen MR) is 77.4 cm³/mol. The second-order valence-electron chi connectivity index (χ2n) is 5.83. The first kappa shape index (κ1) is 11.6. The van der Waals surface area contributed by atoms with Crippen molar-refractivity contribution in [3.63, 3.8) is 0 Å². The van der Waals surface area contributed by atoms with Crippen molar-refractivity contribution in [3.05, 3.63) is 54.2 Å². The highest BCUT2D eigenvalue weighted by molar-refractivity contribution is 5.74. The van der Waals surface area contributed by atoms with E-state index in [-0.39, 0.29) is 0 Å². The molecule has 0 radical (unpaired) electrons. The highest BCUT2D eigenvalue weighted by Gasteiger charge is 2.42. The Bertz CT molecular complexity index is 504. The van der Waals surface area contributed by atoms with Crippen LogP contribution in [0.25, 0.3) is 5.57 Å². The van der Waals surface area contributed by atoms with Crippen LogP contribution in [0.5, 0.6) is 0 Å². The van der Waals surface area contributed by atoms with Gasteiger partial charge in [-0.05, 0) is 42.9 Å². The van der Waals surface area contributed by atoms with E-state index in [4.69, 9.17) is 0 Å². The molecular weight excluding hydrogens is 218 g/mol. The number of likely N-dealkylation sites (tertiary alicyclic amines) is 1. The van der Waals surface area contributed by atoms with Gasteiger partial charge in [0.1, 0.15) is 0 Å². The number of nitrogens with zero attached hydrogens (tertiary/aromatic N) is 1. The van der Waals surface area contributed by atoms with Crippen LogP contribution in [0, 0.1) is 0 Å². The van der Waals surface area contributed by atoms with Gasteiger partial charge in [-0.1, -0.05) is 37.4 Å². The smallest absolute Gasteiger partial charge is 0.0183 e. The Labute approximate surface area is 110 Å². The van der Waals surface area contributed by atoms with Gasteiger partial charge in [0, 0.05) is 24.2 Å². The second-order valence-corrected chi connectivity index (χ2v) is 5.83. The summed E-state index contributed by atoms with van der Waals surface area (Å²) < 4.78 is 0. The van der Waals surface area contributed by atoms with Crippen LogP contribution >= 0.6 is 0 Å². The Morgan fingerprint density at radius 2 is 1.89 bits per heavy atom. The van der Waals surface area contributed by atoms with Crippen molar-refractivity contribution in [1.29, 1.82) is 0 Å². The molecule has 0 N–H and O–H groups in total. The Morgan fingerprint density at radius 3 is 2.56 bits per heavy atom. The largest absolute Gasteiger partial charge is 0.375 e. The topological polar surface area (TPSA) is 3.24 Å². The summed E-state index contributed by atoms with van der Waals surface area (Å²) in [6.07, 6.45) is 3.61. The lowest BCUT2D eigenvalue weighted by molar-refractivity contribution is 0.201. The molecule has 1 aliphatic heterocycles. The molecule has 0 aromatic heterocycles. The zero-order chi connectivity index (χ0) is 12.8. The van der Waals surface area contributed by atoms with Crippen molar-refractivity contribution in [2.45, 2.75) is 31.6 Å². The Hall–Kier alpha value is -1.50. The van der Waals surface area contributed by atoms with E-state index in [0.29, 0.717) is 5.41 Å². The summed E-state index contributed by atoms with van der Waals surface area (Å²) in [5, 5.41) is 0. The van der Waals surface area contributed by atoms with E-state index >= 15 is 0 Å². The van der Waals surface area contributed by atoms with Gasteiger partial charge in [0.15, 0.2) is 0 Å². The molecule has 1 aromatic carbocycles. The molecule has 18 heavy (non-hydrogen) atoms. The maximum atomic E-state index is 4.27. The summed E-state index contributed by atoms with van der Waals surface area (Å²) in [5.74, 6) is 0. The summed E-state index contributed by atoms with van der Waals surface area (Å²) in [6, 6.07) is 8.85. The van der Waals surface area contributed by atoms with Gasteiger partial charge in [0.2, 0.25) is 0 Å². The molecule has 3 rings (SSSR count). The van der Waals surface area contributed by atoms with E-state index in [2.05, 4.69) is 49.2 Å². The number of benzene rings is 1. The lowest BCUT2D eigenvalue weighted by Crippen LogP contribution is -2.40. The number of rotatable bonds is 1. The first-order valence-electron chi connectivity index (χ1n) is 6.80. The zero-order valence-electron chi connectivity index (χ0n) is 11.2. The average Bonchev–Trinajstić information content (AvgIpc) is 2.64. The molecule has 1 heteroatoms. The molecule has 0 saturated carbocycles. The van der Waals surface area contributed by atoms with E-state index in [9.17, 15) is 0 Å². The molecule has 1 aromatic rings. The molecule has 0 unspecified atom stereocenters. The summed E-state index contributed by atoms with van der Waals surface area (Å²) in [5.41, 5.74) is 5.83. The minimum absolute atomic E-state index is 0.361. The Morgan fingerprint density at radius 1 is 1.22 bits per heavy atom. The third kappa shape index (κ3) is 1.61. The SMILES string of the molecule is C=C1CC2(CCN(C(=C)C)CC2)c2ccccc21. The quantitative estimate of drug-likeness (QED) is 0.716. The van der Waals surface area contributed by atoms with Crippen molar-refractivity contribution in [3.8, 4) is 0 Å². The Kier molecular flexibility index (Phi) is 2.58. The lowest BCUT2D eigenvalue weighted by atomic mass is 9.73. The number of allylic oxidation sites excluding steroid dienone is 2. The molecule has 0 bridgehead atoms. The van der Waals surface area contributed by atoms with Gasteiger partial charge in [-0.25, -0.2) is 0 Å². The molecule has 2 aliphatic rings. The van der Waals surface area contributed by atoms with E-state index in [1.165, 1.54) is 35.2 Å². The van der Waals surface area contributed by atoms with Crippen LogP contribution in [-0.2, 0) is 5.41 Å². The second kappa shape index (κ2) is 4.01. The zero-order valence-corrected chi connectivity index (χ0v) is 11.2. The maximum Gasteiger partial charge on any atom is 0.0183 e. The monoisotopic (exact) mass is 239 g/mol. The fourth-order valence-electron chi connectivity index (χ4n) is 3.62. The Balaban J connectivity index is 1.91. The van der Waals surface area contributed by atoms with Gasteiger partial charge >= 0.3 is 0 Å². The minimum atomic E-state index is 0.361. The first-order valence-corrected chi connectivity index (χ1v) is 6.80. The molecule has 94 valence electrons. The van der Waals surface area contributed by atoms with Crippen molar-refractivity contribution < 1.29 is 0 Å². The van der Waals surface area contributed by atoms with Crippen LogP contribution in [0.15, 0.2) is 43.1 Å². The van der Waals surface area contributed by atoms with Crippen molar-refractivity contribution in [2.75, 3.05) is 13.1 Å². The molecule has 1 spiro atoms. The van der Waals surface area contributed by atoms with Crippen LogP contribution in [0.1, 0.15) is 37.3 Å². The number of fused-ring (bicyclic) bond motifs is 2. The van der Waals surface area contributed by atoms with E-state index in [1.807, 2.05) is 0 Å². The van der Waals surface area contributed by atoms with Gasteiger partial charge in [0.05, 0.1) is 0 Å². The molecule has 1 heterocycles. The van der Waals surface area contributed by atoms with E-state index in [1.54, 1.807) is 0 Å². The summed E-state index contributed by atoms with van der Waals surface area (Å²) in [4.78, 5) is 2.41. The normalized spacial score (nSPS) is 21.2. The van der Waals surface area contributed by atoms with Gasteiger partial charge in [-0.3, -0.25) is 0 Å². The molecule has 0 amide bonds. The lowest BCUT2D eigenvalue weighted by Gasteiger charge is -2.41. The van der Waals surface area contributed by atoms with Crippen LogP contribution in [0.4, 0.5) is 0 Å². The standard InChI is InChI=1S/C17H21N/c1-13(2)18-10-8-17(9-11-18)12-14(3)15-6-4-5-7-16(15)17/h4-7H,1,3,8-12H2,2H3. The maximum absolute atomic E-state index is 4.27. The highest BCUT2D eigenvalue weighted by atomic mass is 15.1. The van der Waals surface area contributed by atoms with Gasteiger partial charge in [0.25, 0.3) is 0 Å². The van der Waals surface area contributed by atoms with Crippen molar-refractivity contribution >= 4 is 5.57 Å². The molecule has 0 atom stereocenters. The summed E-state index contributed by atoms with van der Waals surface area (Å²) >= 11 is 0. The van der Waals surface area contributed by atoms with Gasteiger partial charge in [-0.15, -0.1) is 0 Å². The van der Waals surface area contributed by atoms with Crippen LogP contribution in [-0.4, -0.2) is 18.0 Å². The van der Waals surface area contributed by atoms with Gasteiger partial charge in [-0.2, -0.15) is 0 Å². The molecule has 1 aliphatic carbocycles. The van der Waals surface area contributed by atoms with Crippen LogP contribution in [0.2, 0.25) is 0 Å². The first-order chi connectivity index (χ1) is 8.62. The molecule has 1 fully saturated rings. The average molecular weight is 239 g/mol. The number of hydrogen-bond acceptors (Lipinski definition) is 1. The minimum Gasteiger partial charge on any atom is -0.375 e. The fraction of sp³-hybridized carbons (Fsp3) is 0.412. The fourth-order valence-corrected chi connectivity index (χ4v) is 3.62. The molecule has 1 saturated heterocycles. The third-order valence-corrected chi connectivity index (χ3v) is 4.69. The summed E-state index contributed by atoms with van der Waals surface area (Å²) in [6.45, 7) is 12.7. The van der Waals surface area contributed by atoms with Crippen molar-refractivity contribution in [1.82, 2.24) is 4.90 Å². The number of piperidine rings is 1. The van der Waals surface area contributed by atoms with Gasteiger partial charge < -0.3 is 4.90 Å². The number of hydrogen-bond donors (Lipinski definition) is 0. The third-order valence-electron chi connectivity index (χ3n) is 4.69. The molecular formula is C17H21N. The van der Waals surface area contributed by atoms with E-state index in [0.717, 1.165) is 19.5 Å².